The number of nitrogens with zero attached hydrogens (tertiary/aromatic N) is 1. The van der Waals surface area contributed by atoms with Gasteiger partial charge < -0.3 is 15.4 Å². The maximum Gasteiger partial charge on any atom is 0.257 e. The van der Waals surface area contributed by atoms with Crippen LogP contribution in [0.1, 0.15) is 30.6 Å². The van der Waals surface area contributed by atoms with Crippen LogP contribution in [0.25, 0.3) is 0 Å². The molecular formula is C14H19ClN2O2. The highest BCUT2D eigenvalue weighted by molar-refractivity contribution is 6.31. The summed E-state index contributed by atoms with van der Waals surface area (Å²) in [6.07, 6.45) is 0.848. The van der Waals surface area contributed by atoms with Crippen molar-refractivity contribution in [3.63, 3.8) is 0 Å². The Morgan fingerprint density at radius 3 is 2.84 bits per heavy atom. The Bertz CT molecular complexity index is 477. The number of hydrogen-bond acceptors (Lipinski definition) is 3. The maximum atomic E-state index is 12.5. The lowest BCUT2D eigenvalue weighted by Crippen LogP contribution is -2.32. The molecule has 2 rings (SSSR count). The summed E-state index contributed by atoms with van der Waals surface area (Å²) < 4.78 is 5.67. The van der Waals surface area contributed by atoms with Gasteiger partial charge in [-0.25, -0.2) is 0 Å². The van der Waals surface area contributed by atoms with Gasteiger partial charge in [-0.05, 0) is 38.5 Å². The first kappa shape index (κ1) is 14.2. The first-order chi connectivity index (χ1) is 8.97. The number of rotatable bonds is 3. The molecule has 1 saturated heterocycles. The first-order valence-electron chi connectivity index (χ1n) is 6.48. The van der Waals surface area contributed by atoms with Gasteiger partial charge in [-0.2, -0.15) is 0 Å². The van der Waals surface area contributed by atoms with Crippen molar-refractivity contribution in [2.24, 2.45) is 5.73 Å². The molecule has 0 aliphatic carbocycles. The first-order valence-corrected chi connectivity index (χ1v) is 6.86. The Hall–Kier alpha value is -1.26. The monoisotopic (exact) mass is 282 g/mol. The van der Waals surface area contributed by atoms with Gasteiger partial charge in [0.2, 0.25) is 0 Å². The summed E-state index contributed by atoms with van der Waals surface area (Å²) in [5.74, 6) is 0.510. The van der Waals surface area contributed by atoms with Crippen molar-refractivity contribution in [1.82, 2.24) is 4.90 Å². The lowest BCUT2D eigenvalue weighted by molar-refractivity contribution is 0.0784. The summed E-state index contributed by atoms with van der Waals surface area (Å²) in [4.78, 5) is 14.2. The molecule has 0 aromatic heterocycles. The van der Waals surface area contributed by atoms with Gasteiger partial charge in [0.15, 0.2) is 0 Å². The quantitative estimate of drug-likeness (QED) is 0.925. The van der Waals surface area contributed by atoms with Crippen molar-refractivity contribution in [2.45, 2.75) is 32.4 Å². The Kier molecular flexibility index (Phi) is 4.32. The van der Waals surface area contributed by atoms with E-state index in [-0.39, 0.29) is 18.1 Å². The number of amides is 1. The Morgan fingerprint density at radius 2 is 2.26 bits per heavy atom. The van der Waals surface area contributed by atoms with Gasteiger partial charge in [0.1, 0.15) is 5.75 Å². The molecule has 1 aromatic carbocycles. The predicted molar refractivity (Wildman–Crippen MR) is 75.7 cm³/mol. The SMILES string of the molecule is CC(C)Oc1ccc(Cl)cc1C(=O)N1CCC(N)C1. The Morgan fingerprint density at radius 1 is 1.53 bits per heavy atom. The van der Waals surface area contributed by atoms with E-state index in [1.54, 1.807) is 23.1 Å². The molecule has 1 amide bonds. The van der Waals surface area contributed by atoms with E-state index in [1.807, 2.05) is 13.8 Å². The number of likely N-dealkylation sites (tertiary alicyclic amines) is 1. The minimum atomic E-state index is -0.0638. The molecule has 1 aliphatic rings. The number of ether oxygens (including phenoxy) is 1. The van der Waals surface area contributed by atoms with Gasteiger partial charge in [0, 0.05) is 24.2 Å². The smallest absolute Gasteiger partial charge is 0.257 e. The lowest BCUT2D eigenvalue weighted by Gasteiger charge is -2.19. The third-order valence-electron chi connectivity index (χ3n) is 3.05. The number of carbonyl (C=O) groups excluding carboxylic acids is 1. The van der Waals surface area contributed by atoms with Crippen LogP contribution >= 0.6 is 11.6 Å². The fourth-order valence-electron chi connectivity index (χ4n) is 2.17. The van der Waals surface area contributed by atoms with Gasteiger partial charge in [0.25, 0.3) is 5.91 Å². The molecule has 1 unspecified atom stereocenters. The largest absolute Gasteiger partial charge is 0.490 e. The topological polar surface area (TPSA) is 55.6 Å². The van der Waals surface area contributed by atoms with Crippen molar-refractivity contribution in [3.05, 3.63) is 28.8 Å². The van der Waals surface area contributed by atoms with Crippen LogP contribution in [0, 0.1) is 0 Å². The third-order valence-corrected chi connectivity index (χ3v) is 3.28. The van der Waals surface area contributed by atoms with E-state index >= 15 is 0 Å². The summed E-state index contributed by atoms with van der Waals surface area (Å²) in [7, 11) is 0. The molecule has 0 spiro atoms. The maximum absolute atomic E-state index is 12.5. The molecule has 0 bridgehead atoms. The molecule has 19 heavy (non-hydrogen) atoms. The second-order valence-corrected chi connectivity index (χ2v) is 5.54. The fourth-order valence-corrected chi connectivity index (χ4v) is 2.34. The van der Waals surface area contributed by atoms with Crippen LogP contribution in [0.15, 0.2) is 18.2 Å². The minimum Gasteiger partial charge on any atom is -0.490 e. The average molecular weight is 283 g/mol. The van der Waals surface area contributed by atoms with E-state index in [0.717, 1.165) is 6.42 Å². The van der Waals surface area contributed by atoms with Crippen molar-refractivity contribution in [2.75, 3.05) is 13.1 Å². The Labute approximate surface area is 118 Å². The molecule has 1 aromatic rings. The van der Waals surface area contributed by atoms with Crippen LogP contribution in [0.3, 0.4) is 0 Å². The van der Waals surface area contributed by atoms with E-state index in [4.69, 9.17) is 22.1 Å². The number of halogens is 1. The van der Waals surface area contributed by atoms with Crippen molar-refractivity contribution in [1.29, 1.82) is 0 Å². The number of nitrogens with two attached hydrogens (primary N) is 1. The zero-order chi connectivity index (χ0) is 14.0. The normalized spacial score (nSPS) is 19.0. The molecule has 0 saturated carbocycles. The van der Waals surface area contributed by atoms with Crippen LogP contribution < -0.4 is 10.5 Å². The summed E-state index contributed by atoms with van der Waals surface area (Å²) in [5, 5.41) is 0.531. The van der Waals surface area contributed by atoms with E-state index in [1.165, 1.54) is 0 Å². The number of benzene rings is 1. The van der Waals surface area contributed by atoms with Crippen molar-refractivity contribution < 1.29 is 9.53 Å². The van der Waals surface area contributed by atoms with Crippen molar-refractivity contribution >= 4 is 17.5 Å². The molecule has 1 heterocycles. The minimum absolute atomic E-state index is 0.00793. The second kappa shape index (κ2) is 5.80. The number of hydrogen-bond donors (Lipinski definition) is 1. The van der Waals surface area contributed by atoms with Crippen LogP contribution in [0.2, 0.25) is 5.02 Å². The van der Waals surface area contributed by atoms with Crippen LogP contribution in [-0.4, -0.2) is 36.0 Å². The molecule has 1 fully saturated rings. The standard InChI is InChI=1S/C14H19ClN2O2/c1-9(2)19-13-4-3-10(15)7-12(13)14(18)17-6-5-11(16)8-17/h3-4,7,9,11H,5-6,8,16H2,1-2H3. The molecule has 5 heteroatoms. The zero-order valence-corrected chi connectivity index (χ0v) is 12.0. The molecule has 2 N–H and O–H groups in total. The Balaban J connectivity index is 2.26. The third kappa shape index (κ3) is 3.39. The summed E-state index contributed by atoms with van der Waals surface area (Å²) in [5.41, 5.74) is 6.35. The average Bonchev–Trinajstić information content (AvgIpc) is 2.77. The summed E-state index contributed by atoms with van der Waals surface area (Å²) >= 11 is 5.98. The van der Waals surface area contributed by atoms with E-state index in [0.29, 0.717) is 29.4 Å². The van der Waals surface area contributed by atoms with Gasteiger partial charge in [-0.3, -0.25) is 4.79 Å². The molecule has 4 nitrogen and oxygen atoms in total. The van der Waals surface area contributed by atoms with Gasteiger partial charge in [-0.1, -0.05) is 11.6 Å². The van der Waals surface area contributed by atoms with Gasteiger partial charge >= 0.3 is 0 Å². The van der Waals surface area contributed by atoms with E-state index in [9.17, 15) is 4.79 Å². The highest BCUT2D eigenvalue weighted by Gasteiger charge is 2.26. The number of carbonyl (C=O) groups is 1. The molecule has 1 atom stereocenters. The van der Waals surface area contributed by atoms with Crippen LogP contribution in [0.5, 0.6) is 5.75 Å². The van der Waals surface area contributed by atoms with Crippen molar-refractivity contribution in [3.8, 4) is 5.75 Å². The predicted octanol–water partition coefficient (Wildman–Crippen LogP) is 2.30. The zero-order valence-electron chi connectivity index (χ0n) is 11.2. The van der Waals surface area contributed by atoms with Crippen LogP contribution in [-0.2, 0) is 0 Å². The van der Waals surface area contributed by atoms with E-state index < -0.39 is 0 Å². The highest BCUT2D eigenvalue weighted by atomic mass is 35.5. The molecule has 1 aliphatic heterocycles. The van der Waals surface area contributed by atoms with E-state index in [2.05, 4.69) is 0 Å². The molecule has 0 radical (unpaired) electrons. The van der Waals surface area contributed by atoms with Gasteiger partial charge in [-0.15, -0.1) is 0 Å². The van der Waals surface area contributed by atoms with Crippen LogP contribution in [0.4, 0.5) is 0 Å². The highest BCUT2D eigenvalue weighted by Crippen LogP contribution is 2.26. The molecular weight excluding hydrogens is 264 g/mol. The summed E-state index contributed by atoms with van der Waals surface area (Å²) in [6, 6.07) is 5.19. The summed E-state index contributed by atoms with van der Waals surface area (Å²) in [6.45, 7) is 5.13. The van der Waals surface area contributed by atoms with Gasteiger partial charge in [0.05, 0.1) is 11.7 Å². The molecule has 104 valence electrons. The second-order valence-electron chi connectivity index (χ2n) is 5.11. The fraction of sp³-hybridized carbons (Fsp3) is 0.500. The lowest BCUT2D eigenvalue weighted by atomic mass is 10.1.